The summed E-state index contributed by atoms with van der Waals surface area (Å²) in [4.78, 5) is 67.7. The van der Waals surface area contributed by atoms with Gasteiger partial charge in [0, 0.05) is 0 Å². The Kier molecular flexibility index (Phi) is 36.0. The van der Waals surface area contributed by atoms with E-state index in [4.69, 9.17) is 28.0 Å². The standard InChI is InChI=1S/C66H100N5O10P/c1-6-8-10-12-14-16-18-20-22-24-26-28-30-32-47-76-63-52-67-60(50-69-63)44-38-56-34-40-58(41-35-56)65(72)78-54-62(55-80-82(74,75)79-49-46-71(3,4)5)81-66(73)59-42-36-57(37-43-59)39-45-61-51-70-64(53-68-61)77-48-33-31-29-27-25-23-21-19-17-15-13-11-9-7-2/h34-45,50-53,62H,6-33,46-49,54-55H2,1-5H3/p+1/b44-38+,45-39+. The number of unbranched alkanes of at least 4 members (excludes halogenated alkanes) is 26. The first-order valence-electron chi connectivity index (χ1n) is 31.1. The number of likely N-dealkylation sites (N-methyl/N-ethyl adjacent to an activating group) is 1. The summed E-state index contributed by atoms with van der Waals surface area (Å²) in [6.07, 6.45) is 49.3. The Labute approximate surface area is 493 Å². The minimum atomic E-state index is -4.55. The van der Waals surface area contributed by atoms with Crippen LogP contribution in [0.25, 0.3) is 24.3 Å². The van der Waals surface area contributed by atoms with Crippen LogP contribution < -0.4 is 14.4 Å². The van der Waals surface area contributed by atoms with E-state index in [9.17, 15) is 19.4 Å². The van der Waals surface area contributed by atoms with Gasteiger partial charge in [-0.1, -0.05) is 217 Å². The van der Waals surface area contributed by atoms with Crippen molar-refractivity contribution in [3.8, 4) is 11.8 Å². The van der Waals surface area contributed by atoms with Gasteiger partial charge in [-0.2, -0.15) is 13.9 Å². The summed E-state index contributed by atoms with van der Waals surface area (Å²) >= 11 is 0. The highest BCUT2D eigenvalue weighted by Crippen LogP contribution is 2.47. The maximum atomic E-state index is 13.4. The molecule has 2 aromatic heterocycles. The van der Waals surface area contributed by atoms with E-state index in [1.165, 1.54) is 154 Å². The molecule has 2 atom stereocenters. The predicted octanol–water partition coefficient (Wildman–Crippen LogP) is 15.5. The highest BCUT2D eigenvalue weighted by Gasteiger charge is 2.32. The molecule has 0 fully saturated rings. The summed E-state index contributed by atoms with van der Waals surface area (Å²) in [6, 6.07) is 13.4. The smallest absolute Gasteiger partial charge is 0.377 e. The van der Waals surface area contributed by atoms with Crippen molar-refractivity contribution >= 4 is 44.4 Å². The number of phosphoric ester groups is 1. The first-order valence-corrected chi connectivity index (χ1v) is 32.6. The minimum Gasteiger partial charge on any atom is -0.606 e. The topological polar surface area (TPSA) is 184 Å². The van der Waals surface area contributed by atoms with Crippen molar-refractivity contribution in [3.63, 3.8) is 0 Å². The lowest BCUT2D eigenvalue weighted by molar-refractivity contribution is -0.870. The van der Waals surface area contributed by atoms with Gasteiger partial charge in [0.05, 0.1) is 81.7 Å². The summed E-state index contributed by atoms with van der Waals surface area (Å²) in [5, 5.41) is 0. The van der Waals surface area contributed by atoms with Gasteiger partial charge < -0.3 is 28.3 Å². The third-order valence-corrected chi connectivity index (χ3v) is 15.1. The number of nitrogens with zero attached hydrogens (tertiary/aromatic N) is 5. The predicted molar refractivity (Wildman–Crippen MR) is 330 cm³/mol. The van der Waals surface area contributed by atoms with Crippen molar-refractivity contribution in [1.82, 2.24) is 19.9 Å². The molecular weight excluding hydrogens is 1050 g/mol. The highest BCUT2D eigenvalue weighted by molar-refractivity contribution is 7.52. The number of hydrogen-bond acceptors (Lipinski definition) is 14. The normalized spacial score (nSPS) is 12.9. The molecule has 1 N–H and O–H groups in total. The quantitative estimate of drug-likeness (QED) is 0.0191. The molecule has 0 bridgehead atoms. The largest absolute Gasteiger partial charge is 0.606 e. The fourth-order valence-corrected chi connectivity index (χ4v) is 9.72. The van der Waals surface area contributed by atoms with Crippen molar-refractivity contribution < 1.29 is 51.9 Å². The Balaban J connectivity index is 1.17. The molecule has 15 nitrogen and oxygen atoms in total. The molecule has 0 saturated carbocycles. The molecule has 2 aromatic carbocycles. The third-order valence-electron chi connectivity index (χ3n) is 14.1. The van der Waals surface area contributed by atoms with Crippen LogP contribution in [-0.4, -0.2) is 108 Å². The fraction of sp³-hybridized carbons (Fsp3) is 0.606. The molecular formula is C66H101N5O10P+. The van der Waals surface area contributed by atoms with Gasteiger partial charge in [0.2, 0.25) is 11.8 Å². The molecule has 0 amide bonds. The van der Waals surface area contributed by atoms with Gasteiger partial charge in [-0.15, -0.1) is 0 Å². The first-order chi connectivity index (χ1) is 39.8. The highest BCUT2D eigenvalue weighted by atomic mass is 31.2. The number of quaternary nitrogens is 1. The van der Waals surface area contributed by atoms with E-state index in [0.717, 1.165) is 36.8 Å². The first kappa shape index (κ1) is 69.3. The van der Waals surface area contributed by atoms with E-state index in [1.54, 1.807) is 73.3 Å². The van der Waals surface area contributed by atoms with Crippen LogP contribution >= 0.6 is 8.17 Å². The Morgan fingerprint density at radius 3 is 1.23 bits per heavy atom. The summed E-state index contributed by atoms with van der Waals surface area (Å²) in [5.74, 6) is -0.459. The summed E-state index contributed by atoms with van der Waals surface area (Å²) in [7, 11) is 1.20. The molecule has 16 heteroatoms. The van der Waals surface area contributed by atoms with Crippen molar-refractivity contribution in [2.45, 2.75) is 200 Å². The van der Waals surface area contributed by atoms with E-state index in [-0.39, 0.29) is 17.7 Å². The molecule has 0 aliphatic heterocycles. The van der Waals surface area contributed by atoms with Gasteiger partial charge in [0.1, 0.15) is 26.4 Å². The molecule has 0 spiro atoms. The molecule has 4 aromatic rings. The zero-order valence-corrected chi connectivity index (χ0v) is 51.6. The van der Waals surface area contributed by atoms with E-state index in [0.29, 0.717) is 47.4 Å². The number of benzene rings is 2. The van der Waals surface area contributed by atoms with E-state index < -0.39 is 39.4 Å². The van der Waals surface area contributed by atoms with Crippen LogP contribution in [0.15, 0.2) is 73.3 Å². The van der Waals surface area contributed by atoms with Gasteiger partial charge in [0.25, 0.3) is 0 Å². The van der Waals surface area contributed by atoms with Gasteiger partial charge >= 0.3 is 20.1 Å². The second-order valence-electron chi connectivity index (χ2n) is 22.6. The number of ether oxygens (including phenoxy) is 4. The molecule has 0 aliphatic rings. The third kappa shape index (κ3) is 33.8. The molecule has 0 saturated heterocycles. The van der Waals surface area contributed by atoms with Crippen LogP contribution in [0, 0.1) is 0 Å². The fourth-order valence-electron chi connectivity index (χ4n) is 8.98. The minimum absolute atomic E-state index is 0.0527. The van der Waals surface area contributed by atoms with E-state index in [2.05, 4.69) is 33.8 Å². The van der Waals surface area contributed by atoms with Gasteiger partial charge in [0.15, 0.2) is 6.10 Å². The number of carbonyl (C=O) groups excluding carboxylic acids is 2. The SMILES string of the molecule is CCCCCCCCCCCCCCCCOc1cnc(/C=C/c2ccc(C(=O)OCC(CO[P+]([O-])(O)OCC[N+](C)(C)C)OC(=O)c3ccc(/C=C/c4cnc(OCCCCCCCCCCCCCCCC)cn4)cc3)cc2)cn1. The number of esters is 2. The lowest BCUT2D eigenvalue weighted by Crippen LogP contribution is -2.38. The zero-order valence-electron chi connectivity index (χ0n) is 50.7. The second kappa shape index (κ2) is 42.6. The van der Waals surface area contributed by atoms with Gasteiger partial charge in [-0.05, 0) is 60.4 Å². The summed E-state index contributed by atoms with van der Waals surface area (Å²) in [6.45, 7) is 5.10. The van der Waals surface area contributed by atoms with Crippen LogP contribution in [0.3, 0.4) is 0 Å². The van der Waals surface area contributed by atoms with Crippen LogP contribution in [0.5, 0.6) is 11.8 Å². The van der Waals surface area contributed by atoms with E-state index >= 15 is 0 Å². The van der Waals surface area contributed by atoms with Crippen molar-refractivity contribution in [1.29, 1.82) is 0 Å². The maximum Gasteiger partial charge on any atom is 0.377 e. The summed E-state index contributed by atoms with van der Waals surface area (Å²) < 4.78 is 33.8. The molecule has 454 valence electrons. The zero-order chi connectivity index (χ0) is 58.8. The van der Waals surface area contributed by atoms with Gasteiger partial charge in [-0.3, -0.25) is 0 Å². The van der Waals surface area contributed by atoms with Crippen molar-refractivity contribution in [2.24, 2.45) is 0 Å². The average Bonchev–Trinajstić information content (AvgIpc) is 3.51. The number of carbonyl (C=O) groups is 2. The average molecular weight is 1160 g/mol. The Morgan fingerprint density at radius 2 is 0.866 bits per heavy atom. The molecule has 4 rings (SSSR count). The monoisotopic (exact) mass is 1150 g/mol. The second-order valence-corrected chi connectivity index (χ2v) is 24.0. The van der Waals surface area contributed by atoms with Crippen LogP contribution in [0.4, 0.5) is 0 Å². The molecule has 2 heterocycles. The van der Waals surface area contributed by atoms with Crippen LogP contribution in [0.1, 0.15) is 237 Å². The van der Waals surface area contributed by atoms with E-state index in [1.807, 2.05) is 45.4 Å². The maximum absolute atomic E-state index is 13.4. The molecule has 2 unspecified atom stereocenters. The number of phosphoric acid groups is 1. The molecule has 0 aliphatic carbocycles. The number of aromatic nitrogens is 4. The molecule has 0 radical (unpaired) electrons. The Morgan fingerprint density at radius 1 is 0.488 bits per heavy atom. The summed E-state index contributed by atoms with van der Waals surface area (Å²) in [5.41, 5.74) is 3.33. The number of hydrogen-bond donors (Lipinski definition) is 1. The molecule has 82 heavy (non-hydrogen) atoms. The van der Waals surface area contributed by atoms with Crippen molar-refractivity contribution in [3.05, 3.63) is 107 Å². The Hall–Kier alpha value is -5.15. The van der Waals surface area contributed by atoms with Gasteiger partial charge in [-0.25, -0.2) is 29.5 Å². The van der Waals surface area contributed by atoms with Crippen molar-refractivity contribution in [2.75, 3.05) is 60.7 Å². The van der Waals surface area contributed by atoms with Crippen LogP contribution in [0.2, 0.25) is 0 Å². The lowest BCUT2D eigenvalue weighted by atomic mass is 10.0. The lowest BCUT2D eigenvalue weighted by Gasteiger charge is -2.26. The number of rotatable bonds is 48. The Bertz CT molecular complexity index is 2330. The van der Waals surface area contributed by atoms with Crippen LogP contribution in [-0.2, 0) is 18.5 Å².